The third-order valence-electron chi connectivity index (χ3n) is 7.15. The summed E-state index contributed by atoms with van der Waals surface area (Å²) in [6, 6.07) is 12.6. The Hall–Kier alpha value is -1.33. The van der Waals surface area contributed by atoms with Crippen molar-refractivity contribution in [1.29, 1.82) is 0 Å². The topological polar surface area (TPSA) is 36.9 Å². The van der Waals surface area contributed by atoms with Crippen molar-refractivity contribution in [2.24, 2.45) is 0 Å². The molecule has 2 saturated heterocycles. The van der Waals surface area contributed by atoms with Crippen LogP contribution in [-0.4, -0.2) is 36.6 Å². The van der Waals surface area contributed by atoms with Gasteiger partial charge in [-0.25, -0.2) is 0 Å². The maximum absolute atomic E-state index is 6.30. The summed E-state index contributed by atoms with van der Waals surface area (Å²) in [5, 5.41) is 2.25. The molecule has 1 aliphatic carbocycles. The van der Waals surface area contributed by atoms with Crippen molar-refractivity contribution in [2.75, 3.05) is 0 Å². The Balaban J connectivity index is 1.56. The molecule has 0 amide bonds. The van der Waals surface area contributed by atoms with E-state index in [0.29, 0.717) is 0 Å². The Labute approximate surface area is 161 Å². The molecule has 3 fully saturated rings. The smallest absolute Gasteiger partial charge is 0.399 e. The van der Waals surface area contributed by atoms with Gasteiger partial charge in [-0.3, -0.25) is 0 Å². The van der Waals surface area contributed by atoms with Gasteiger partial charge in [-0.1, -0.05) is 36.4 Å². The monoisotopic (exact) mass is 364 g/mol. The standard InChI is InChI=1S/C21H26B2O4/c1-18(2)19(3,4)25-22(24-18)16-11-7-10-15-14(16)9-8-12-17(15)23-26-20(5)13-21(20,6)27-23/h7-12H,13H2,1-6H3. The van der Waals surface area contributed by atoms with Crippen LogP contribution < -0.4 is 10.9 Å². The molecule has 2 aromatic rings. The van der Waals surface area contributed by atoms with Crippen LogP contribution in [0.4, 0.5) is 0 Å². The largest absolute Gasteiger partial charge is 0.495 e. The minimum Gasteiger partial charge on any atom is -0.399 e. The molecule has 5 rings (SSSR count). The van der Waals surface area contributed by atoms with Gasteiger partial charge in [0.1, 0.15) is 0 Å². The predicted octanol–water partition coefficient (Wildman–Crippen LogP) is 2.80. The lowest BCUT2D eigenvalue weighted by atomic mass is 9.71. The van der Waals surface area contributed by atoms with Gasteiger partial charge < -0.3 is 18.6 Å². The summed E-state index contributed by atoms with van der Waals surface area (Å²) in [5.74, 6) is 0. The molecule has 1 saturated carbocycles. The minimum absolute atomic E-state index is 0.164. The van der Waals surface area contributed by atoms with Gasteiger partial charge >= 0.3 is 14.2 Å². The lowest BCUT2D eigenvalue weighted by Gasteiger charge is -2.32. The van der Waals surface area contributed by atoms with E-state index in [2.05, 4.69) is 77.9 Å². The van der Waals surface area contributed by atoms with Gasteiger partial charge in [-0.15, -0.1) is 0 Å². The highest BCUT2D eigenvalue weighted by atomic mass is 16.7. The summed E-state index contributed by atoms with van der Waals surface area (Å²) in [5.41, 5.74) is 1.07. The van der Waals surface area contributed by atoms with E-state index < -0.39 is 0 Å². The zero-order valence-electron chi connectivity index (χ0n) is 17.0. The first-order valence-corrected chi connectivity index (χ1v) is 9.78. The van der Waals surface area contributed by atoms with Crippen LogP contribution in [0.5, 0.6) is 0 Å². The van der Waals surface area contributed by atoms with Gasteiger partial charge in [0.25, 0.3) is 0 Å². The van der Waals surface area contributed by atoms with Crippen molar-refractivity contribution in [3.8, 4) is 0 Å². The molecular formula is C21H26B2O4. The fraction of sp³-hybridized carbons (Fsp3) is 0.524. The van der Waals surface area contributed by atoms with Crippen LogP contribution in [0.1, 0.15) is 48.0 Å². The number of fused-ring (bicyclic) bond motifs is 2. The number of rotatable bonds is 2. The zero-order valence-corrected chi connectivity index (χ0v) is 17.0. The minimum atomic E-state index is -0.386. The molecule has 140 valence electrons. The molecule has 2 atom stereocenters. The first-order valence-electron chi connectivity index (χ1n) is 9.78. The number of benzene rings is 2. The molecule has 2 unspecified atom stereocenters. The molecule has 27 heavy (non-hydrogen) atoms. The van der Waals surface area contributed by atoms with Crippen LogP contribution in [-0.2, 0) is 18.6 Å². The first kappa shape index (κ1) is 17.7. The van der Waals surface area contributed by atoms with Gasteiger partial charge in [-0.05, 0) is 63.2 Å². The quantitative estimate of drug-likeness (QED) is 0.769. The van der Waals surface area contributed by atoms with E-state index in [1.165, 1.54) is 0 Å². The summed E-state index contributed by atoms with van der Waals surface area (Å²) in [6.45, 7) is 12.6. The summed E-state index contributed by atoms with van der Waals surface area (Å²) in [4.78, 5) is 0. The lowest BCUT2D eigenvalue weighted by molar-refractivity contribution is 0.00578. The Kier molecular flexibility index (Phi) is 3.40. The molecular weight excluding hydrogens is 338 g/mol. The van der Waals surface area contributed by atoms with Gasteiger partial charge in [0, 0.05) is 6.42 Å². The van der Waals surface area contributed by atoms with Gasteiger partial charge in [0.2, 0.25) is 0 Å². The summed E-state index contributed by atoms with van der Waals surface area (Å²) >= 11 is 0. The maximum Gasteiger partial charge on any atom is 0.495 e. The van der Waals surface area contributed by atoms with E-state index in [0.717, 1.165) is 28.1 Å². The van der Waals surface area contributed by atoms with Gasteiger partial charge in [0.15, 0.2) is 0 Å². The molecule has 0 N–H and O–H groups in total. The molecule has 2 aromatic carbocycles. The lowest BCUT2D eigenvalue weighted by Crippen LogP contribution is -2.41. The van der Waals surface area contributed by atoms with Crippen LogP contribution in [0.2, 0.25) is 0 Å². The SMILES string of the molecule is CC1(C)OB(c2cccc3c(B4OC5(C)CC5(C)O4)cccc23)OC1(C)C. The third kappa shape index (κ3) is 2.40. The number of hydrogen-bond acceptors (Lipinski definition) is 4. The van der Waals surface area contributed by atoms with E-state index >= 15 is 0 Å². The third-order valence-corrected chi connectivity index (χ3v) is 7.15. The van der Waals surface area contributed by atoms with Gasteiger partial charge in [-0.2, -0.15) is 0 Å². The normalized spacial score (nSPS) is 33.6. The fourth-order valence-electron chi connectivity index (χ4n) is 4.30. The molecule has 0 aromatic heterocycles. The van der Waals surface area contributed by atoms with Crippen molar-refractivity contribution in [3.63, 3.8) is 0 Å². The average Bonchev–Trinajstić information content (AvgIpc) is 2.87. The summed E-state index contributed by atoms with van der Waals surface area (Å²) < 4.78 is 25.1. The van der Waals surface area contributed by atoms with E-state index in [1.807, 2.05) is 0 Å². The van der Waals surface area contributed by atoms with E-state index in [4.69, 9.17) is 18.6 Å². The Morgan fingerprint density at radius 2 is 1.04 bits per heavy atom. The molecule has 4 nitrogen and oxygen atoms in total. The Bertz CT molecular complexity index is 911. The maximum atomic E-state index is 6.30. The second kappa shape index (κ2) is 5.18. The van der Waals surface area contributed by atoms with Crippen LogP contribution in [0, 0.1) is 0 Å². The van der Waals surface area contributed by atoms with Crippen molar-refractivity contribution in [3.05, 3.63) is 36.4 Å². The highest BCUT2D eigenvalue weighted by molar-refractivity contribution is 6.68. The second-order valence-electron chi connectivity index (χ2n) is 9.58. The van der Waals surface area contributed by atoms with E-state index in [1.54, 1.807) is 0 Å². The highest BCUT2D eigenvalue weighted by Crippen LogP contribution is 2.58. The van der Waals surface area contributed by atoms with E-state index in [9.17, 15) is 0 Å². The van der Waals surface area contributed by atoms with E-state index in [-0.39, 0.29) is 36.6 Å². The molecule has 6 heteroatoms. The Morgan fingerprint density at radius 3 is 1.48 bits per heavy atom. The molecule has 0 bridgehead atoms. The summed E-state index contributed by atoms with van der Waals surface area (Å²) in [6.07, 6.45) is 0.959. The van der Waals surface area contributed by atoms with Crippen molar-refractivity contribution in [2.45, 2.75) is 70.4 Å². The first-order chi connectivity index (χ1) is 12.6. The molecule has 0 radical (unpaired) electrons. The van der Waals surface area contributed by atoms with Crippen molar-refractivity contribution >= 4 is 35.9 Å². The van der Waals surface area contributed by atoms with Crippen molar-refractivity contribution < 1.29 is 18.6 Å². The molecule has 2 heterocycles. The predicted molar refractivity (Wildman–Crippen MR) is 109 cm³/mol. The Morgan fingerprint density at radius 1 is 0.630 bits per heavy atom. The fourth-order valence-corrected chi connectivity index (χ4v) is 4.30. The molecule has 2 aliphatic heterocycles. The van der Waals surface area contributed by atoms with Crippen LogP contribution in [0.15, 0.2) is 36.4 Å². The molecule has 0 spiro atoms. The van der Waals surface area contributed by atoms with Crippen LogP contribution >= 0.6 is 0 Å². The average molecular weight is 364 g/mol. The molecule has 3 aliphatic rings. The highest BCUT2D eigenvalue weighted by Gasteiger charge is 2.71. The second-order valence-corrected chi connectivity index (χ2v) is 9.58. The van der Waals surface area contributed by atoms with Crippen LogP contribution in [0.25, 0.3) is 10.8 Å². The van der Waals surface area contributed by atoms with Gasteiger partial charge in [0.05, 0.1) is 22.4 Å². The van der Waals surface area contributed by atoms with Crippen molar-refractivity contribution in [1.82, 2.24) is 0 Å². The zero-order chi connectivity index (χ0) is 19.2. The number of hydrogen-bond donors (Lipinski definition) is 0. The summed E-state index contributed by atoms with van der Waals surface area (Å²) in [7, 11) is -0.714. The van der Waals surface area contributed by atoms with Crippen LogP contribution in [0.3, 0.4) is 0 Å².